The molecule has 4 heteroatoms. The molecule has 2 N–H and O–H groups in total. The summed E-state index contributed by atoms with van der Waals surface area (Å²) in [6.45, 7) is 4.89. The number of benzene rings is 1. The minimum atomic E-state index is 0.623. The van der Waals surface area contributed by atoms with E-state index in [-0.39, 0.29) is 0 Å². The van der Waals surface area contributed by atoms with E-state index in [1.54, 1.807) is 0 Å². The average Bonchev–Trinajstić information content (AvgIpc) is 2.43. The molecule has 0 unspecified atom stereocenters. The Morgan fingerprint density at radius 1 is 1.11 bits per heavy atom. The molecule has 2 rings (SSSR count). The zero-order valence-electron chi connectivity index (χ0n) is 11.0. The number of hydrogen-bond acceptors (Lipinski definition) is 3. The summed E-state index contributed by atoms with van der Waals surface area (Å²) in [6, 6.07) is 9.90. The molecule has 100 valence electrons. The van der Waals surface area contributed by atoms with Gasteiger partial charge in [0.05, 0.1) is 10.7 Å². The van der Waals surface area contributed by atoms with Crippen molar-refractivity contribution in [1.29, 1.82) is 0 Å². The molecule has 3 nitrogen and oxygen atoms in total. The van der Waals surface area contributed by atoms with Crippen molar-refractivity contribution in [3.05, 3.63) is 58.9 Å². The minimum Gasteiger partial charge on any atom is -0.398 e. The lowest BCUT2D eigenvalue weighted by molar-refractivity contribution is 0.271. The predicted octanol–water partition coefficient (Wildman–Crippen LogP) is 3.34. The van der Waals surface area contributed by atoms with Crippen LogP contribution < -0.4 is 5.73 Å². The van der Waals surface area contributed by atoms with Crippen LogP contribution in [0.3, 0.4) is 0 Å². The smallest absolute Gasteiger partial charge is 0.0638 e. The van der Waals surface area contributed by atoms with E-state index in [4.69, 9.17) is 17.3 Å². The van der Waals surface area contributed by atoms with Gasteiger partial charge in [-0.1, -0.05) is 24.6 Å². The fourth-order valence-corrected chi connectivity index (χ4v) is 2.16. The Kier molecular flexibility index (Phi) is 4.77. The molecule has 1 aromatic carbocycles. The number of nitrogens with zero attached hydrogens (tertiary/aromatic N) is 2. The minimum absolute atomic E-state index is 0.623. The Morgan fingerprint density at radius 3 is 2.42 bits per heavy atom. The first-order valence-corrected chi connectivity index (χ1v) is 6.72. The van der Waals surface area contributed by atoms with Crippen LogP contribution in [-0.4, -0.2) is 16.4 Å². The van der Waals surface area contributed by atoms with E-state index in [2.05, 4.69) is 16.8 Å². The summed E-state index contributed by atoms with van der Waals surface area (Å²) in [5, 5.41) is 0.623. The lowest BCUT2D eigenvalue weighted by Gasteiger charge is -2.20. The van der Waals surface area contributed by atoms with Gasteiger partial charge >= 0.3 is 0 Å². The van der Waals surface area contributed by atoms with Gasteiger partial charge in [-0.05, 0) is 41.9 Å². The molecule has 19 heavy (non-hydrogen) atoms. The molecule has 0 aliphatic carbocycles. The third-order valence-corrected chi connectivity index (χ3v) is 3.40. The van der Waals surface area contributed by atoms with Crippen molar-refractivity contribution >= 4 is 17.3 Å². The van der Waals surface area contributed by atoms with Crippen LogP contribution in [0.2, 0.25) is 5.02 Å². The van der Waals surface area contributed by atoms with Crippen molar-refractivity contribution in [1.82, 2.24) is 9.88 Å². The van der Waals surface area contributed by atoms with E-state index >= 15 is 0 Å². The van der Waals surface area contributed by atoms with E-state index in [1.807, 2.05) is 42.7 Å². The molecular formula is C15H18ClN3. The maximum atomic E-state index is 6.05. The molecule has 0 saturated heterocycles. The lowest BCUT2D eigenvalue weighted by atomic mass is 10.1. The Balaban J connectivity index is 2.04. The van der Waals surface area contributed by atoms with Gasteiger partial charge < -0.3 is 5.73 Å². The van der Waals surface area contributed by atoms with Gasteiger partial charge in [-0.3, -0.25) is 9.88 Å². The number of nitrogens with two attached hydrogens (primary N) is 1. The highest BCUT2D eigenvalue weighted by atomic mass is 35.5. The number of hydrogen-bond donors (Lipinski definition) is 1. The first kappa shape index (κ1) is 13.8. The van der Waals surface area contributed by atoms with Gasteiger partial charge in [0.25, 0.3) is 0 Å². The highest BCUT2D eigenvalue weighted by Gasteiger charge is 2.06. The summed E-state index contributed by atoms with van der Waals surface area (Å²) < 4.78 is 0. The third kappa shape index (κ3) is 3.94. The molecule has 0 amide bonds. The van der Waals surface area contributed by atoms with E-state index in [9.17, 15) is 0 Å². The van der Waals surface area contributed by atoms with Gasteiger partial charge in [-0.25, -0.2) is 0 Å². The summed E-state index contributed by atoms with van der Waals surface area (Å²) in [6.07, 6.45) is 3.65. The van der Waals surface area contributed by atoms with E-state index in [0.717, 1.165) is 19.6 Å². The van der Waals surface area contributed by atoms with Gasteiger partial charge in [0.1, 0.15) is 0 Å². The van der Waals surface area contributed by atoms with Crippen LogP contribution in [0.4, 0.5) is 5.69 Å². The number of anilines is 1. The average molecular weight is 276 g/mol. The summed E-state index contributed by atoms with van der Waals surface area (Å²) in [5.74, 6) is 0. The van der Waals surface area contributed by atoms with Gasteiger partial charge in [-0.2, -0.15) is 0 Å². The van der Waals surface area contributed by atoms with Gasteiger partial charge in [0, 0.05) is 25.5 Å². The summed E-state index contributed by atoms with van der Waals surface area (Å²) >= 11 is 6.05. The van der Waals surface area contributed by atoms with Gasteiger partial charge in [0.2, 0.25) is 0 Å². The molecule has 0 saturated carbocycles. The summed E-state index contributed by atoms with van der Waals surface area (Å²) in [7, 11) is 0. The van der Waals surface area contributed by atoms with Crippen LogP contribution in [0.25, 0.3) is 0 Å². The van der Waals surface area contributed by atoms with E-state index < -0.39 is 0 Å². The van der Waals surface area contributed by atoms with Crippen molar-refractivity contribution in [2.75, 3.05) is 12.3 Å². The normalized spacial score (nSPS) is 10.9. The van der Waals surface area contributed by atoms with Gasteiger partial charge in [0.15, 0.2) is 0 Å². The van der Waals surface area contributed by atoms with Crippen molar-refractivity contribution in [3.63, 3.8) is 0 Å². The second kappa shape index (κ2) is 6.55. The van der Waals surface area contributed by atoms with Crippen molar-refractivity contribution in [3.8, 4) is 0 Å². The molecule has 0 fully saturated rings. The van der Waals surface area contributed by atoms with Crippen LogP contribution in [0.5, 0.6) is 0 Å². The summed E-state index contributed by atoms with van der Waals surface area (Å²) in [4.78, 5) is 6.38. The second-order valence-corrected chi connectivity index (χ2v) is 4.92. The first-order valence-electron chi connectivity index (χ1n) is 6.34. The van der Waals surface area contributed by atoms with E-state index in [1.165, 1.54) is 11.1 Å². The van der Waals surface area contributed by atoms with Crippen LogP contribution in [0.15, 0.2) is 42.7 Å². The number of halogens is 1. The quantitative estimate of drug-likeness (QED) is 0.851. The Hall–Kier alpha value is -1.58. The van der Waals surface area contributed by atoms with E-state index in [0.29, 0.717) is 10.7 Å². The van der Waals surface area contributed by atoms with Crippen LogP contribution in [0, 0.1) is 0 Å². The number of pyridine rings is 1. The van der Waals surface area contributed by atoms with Crippen LogP contribution in [0.1, 0.15) is 18.1 Å². The Morgan fingerprint density at radius 2 is 1.79 bits per heavy atom. The lowest BCUT2D eigenvalue weighted by Crippen LogP contribution is -2.22. The molecule has 0 aliphatic heterocycles. The Labute approximate surface area is 119 Å². The first-order chi connectivity index (χ1) is 9.19. The number of aromatic nitrogens is 1. The molecule has 0 radical (unpaired) electrons. The maximum Gasteiger partial charge on any atom is 0.0638 e. The molecule has 0 aliphatic rings. The van der Waals surface area contributed by atoms with Crippen molar-refractivity contribution < 1.29 is 0 Å². The standard InChI is InChI=1S/C15H18ClN3/c1-2-19(10-12-5-7-18-8-6-12)11-13-3-4-15(17)14(16)9-13/h3-9H,2,10-11,17H2,1H3. The fourth-order valence-electron chi connectivity index (χ4n) is 1.95. The highest BCUT2D eigenvalue weighted by molar-refractivity contribution is 6.33. The zero-order chi connectivity index (χ0) is 13.7. The zero-order valence-corrected chi connectivity index (χ0v) is 11.8. The topological polar surface area (TPSA) is 42.2 Å². The predicted molar refractivity (Wildman–Crippen MR) is 79.9 cm³/mol. The summed E-state index contributed by atoms with van der Waals surface area (Å²) in [5.41, 5.74) is 8.79. The molecule has 2 aromatic rings. The molecule has 1 aromatic heterocycles. The Bertz CT molecular complexity index is 528. The third-order valence-electron chi connectivity index (χ3n) is 3.07. The van der Waals surface area contributed by atoms with Crippen molar-refractivity contribution in [2.45, 2.75) is 20.0 Å². The molecular weight excluding hydrogens is 258 g/mol. The van der Waals surface area contributed by atoms with Crippen molar-refractivity contribution in [2.24, 2.45) is 0 Å². The number of rotatable bonds is 5. The molecule has 0 spiro atoms. The second-order valence-electron chi connectivity index (χ2n) is 4.51. The maximum absolute atomic E-state index is 6.05. The number of nitrogen functional groups attached to an aromatic ring is 1. The highest BCUT2D eigenvalue weighted by Crippen LogP contribution is 2.21. The van der Waals surface area contributed by atoms with Gasteiger partial charge in [-0.15, -0.1) is 0 Å². The SMILES string of the molecule is CCN(Cc1ccncc1)Cc1ccc(N)c(Cl)c1. The van der Waals surface area contributed by atoms with Crippen LogP contribution >= 0.6 is 11.6 Å². The monoisotopic (exact) mass is 275 g/mol. The molecule has 0 atom stereocenters. The largest absolute Gasteiger partial charge is 0.398 e. The van der Waals surface area contributed by atoms with Crippen LogP contribution in [-0.2, 0) is 13.1 Å². The molecule has 0 bridgehead atoms. The fraction of sp³-hybridized carbons (Fsp3) is 0.267. The molecule has 1 heterocycles.